The first kappa shape index (κ1) is 66.9. The van der Waals surface area contributed by atoms with Gasteiger partial charge < -0.3 is 80.1 Å². The molecule has 0 spiro atoms. The van der Waals surface area contributed by atoms with Crippen molar-refractivity contribution in [3.05, 3.63) is 166 Å². The van der Waals surface area contributed by atoms with E-state index in [1.165, 1.54) is 115 Å². The lowest BCUT2D eigenvalue weighted by molar-refractivity contribution is 0.0114. The van der Waals surface area contributed by atoms with E-state index in [1.54, 1.807) is 76.2 Å². The summed E-state index contributed by atoms with van der Waals surface area (Å²) in [5.41, 5.74) is 13.2. The zero-order chi connectivity index (χ0) is 63.0. The summed E-state index contributed by atoms with van der Waals surface area (Å²) in [4.78, 5) is 105. The summed E-state index contributed by atoms with van der Waals surface area (Å²) >= 11 is 0. The van der Waals surface area contributed by atoms with E-state index in [2.05, 4.69) is 21.3 Å². The molecule has 6 aromatic rings. The molecule has 0 aliphatic carbocycles. The maximum absolute atomic E-state index is 13.5. The molecule has 24 nitrogen and oxygen atoms in total. The number of ether oxygens (including phenoxy) is 10. The predicted octanol–water partition coefficient (Wildman–Crippen LogP) is 8.33. The summed E-state index contributed by atoms with van der Waals surface area (Å²) in [6.07, 6.45) is -2.07. The number of methoxy groups -OCH3 is 6. The Morgan fingerprint density at radius 2 is 0.535 bits per heavy atom. The van der Waals surface area contributed by atoms with Gasteiger partial charge in [-0.05, 0) is 100 Å². The van der Waals surface area contributed by atoms with Crippen LogP contribution in [0.3, 0.4) is 0 Å². The van der Waals surface area contributed by atoms with Gasteiger partial charge in [0.2, 0.25) is 0 Å². The summed E-state index contributed by atoms with van der Waals surface area (Å²) < 4.78 is 52.5. The molecule has 0 bridgehead atoms. The first-order valence-corrected chi connectivity index (χ1v) is 26.5. The number of amides is 4. The molecule has 6 rings (SSSR count). The second-order valence-corrected chi connectivity index (χ2v) is 19.0. The van der Waals surface area contributed by atoms with E-state index in [1.807, 2.05) is 0 Å². The lowest BCUT2D eigenvalue weighted by Crippen LogP contribution is -2.23. The van der Waals surface area contributed by atoms with Crippen LogP contribution in [-0.2, 0) is 37.9 Å². The van der Waals surface area contributed by atoms with E-state index < -0.39 is 71.9 Å². The molecule has 456 valence electrons. The number of nitrogens with one attached hydrogen (secondary N) is 4. The molecule has 8 N–H and O–H groups in total. The Balaban J connectivity index is 0.000000314. The van der Waals surface area contributed by atoms with Crippen molar-refractivity contribution in [2.24, 2.45) is 0 Å². The Labute approximate surface area is 497 Å². The molecule has 4 atom stereocenters. The Morgan fingerprint density at radius 1 is 0.337 bits per heavy atom. The van der Waals surface area contributed by atoms with Gasteiger partial charge in [-0.3, -0.25) is 19.2 Å². The van der Waals surface area contributed by atoms with Gasteiger partial charge in [0.25, 0.3) is 23.6 Å². The number of anilines is 6. The summed E-state index contributed by atoms with van der Waals surface area (Å²) in [6, 6.07) is 30.6. The average Bonchev–Trinajstić information content (AvgIpc) is 1.51. The number of nitrogens with two attached hydrogens (primary N) is 2. The molecule has 86 heavy (non-hydrogen) atoms. The van der Waals surface area contributed by atoms with Crippen LogP contribution in [-0.4, -0.2) is 141 Å². The minimum atomic E-state index is -0.695. The van der Waals surface area contributed by atoms with Gasteiger partial charge in [-0.1, -0.05) is 48.5 Å². The molecule has 0 fully saturated rings. The Kier molecular flexibility index (Phi) is 25.5. The molecule has 0 unspecified atom stereocenters. The third-order valence-corrected chi connectivity index (χ3v) is 12.0. The molecule has 4 amide bonds. The van der Waals surface area contributed by atoms with E-state index in [9.17, 15) is 38.4 Å². The van der Waals surface area contributed by atoms with Crippen LogP contribution in [0.2, 0.25) is 0 Å². The van der Waals surface area contributed by atoms with Crippen molar-refractivity contribution in [2.45, 2.75) is 52.1 Å². The van der Waals surface area contributed by atoms with Crippen molar-refractivity contribution in [1.82, 2.24) is 0 Å². The summed E-state index contributed by atoms with van der Waals surface area (Å²) in [7, 11) is 8.55. The highest BCUT2D eigenvalue weighted by molar-refractivity contribution is 6.16. The third kappa shape index (κ3) is 18.6. The number of benzene rings is 6. The van der Waals surface area contributed by atoms with E-state index in [-0.39, 0.29) is 117 Å². The van der Waals surface area contributed by atoms with Crippen molar-refractivity contribution >= 4 is 81.6 Å². The zero-order valence-corrected chi connectivity index (χ0v) is 49.2. The quantitative estimate of drug-likeness (QED) is 0.0169. The first-order valence-electron chi connectivity index (χ1n) is 26.5. The third-order valence-electron chi connectivity index (χ3n) is 12.0. The smallest absolute Gasteiger partial charge is 0.340 e. The van der Waals surface area contributed by atoms with Crippen molar-refractivity contribution < 1.29 is 85.7 Å². The van der Waals surface area contributed by atoms with E-state index >= 15 is 0 Å². The van der Waals surface area contributed by atoms with Gasteiger partial charge in [-0.15, -0.1) is 0 Å². The van der Waals surface area contributed by atoms with Crippen LogP contribution < -0.4 is 42.2 Å². The van der Waals surface area contributed by atoms with Crippen molar-refractivity contribution in [1.29, 1.82) is 0 Å². The highest BCUT2D eigenvalue weighted by Gasteiger charge is 2.28. The number of nitrogen functional groups attached to an aromatic ring is 2. The number of para-hydroxylation sites is 4. The first-order chi connectivity index (χ1) is 41.2. The summed E-state index contributed by atoms with van der Waals surface area (Å²) in [6.45, 7) is 7.50. The van der Waals surface area contributed by atoms with Gasteiger partial charge in [0, 0.05) is 39.8 Å². The van der Waals surface area contributed by atoms with Crippen LogP contribution in [0.5, 0.6) is 11.5 Å². The zero-order valence-electron chi connectivity index (χ0n) is 49.2. The van der Waals surface area contributed by atoms with E-state index in [0.717, 1.165) is 0 Å². The van der Waals surface area contributed by atoms with Crippen LogP contribution in [0.25, 0.3) is 0 Å². The number of hydrogen-bond acceptors (Lipinski definition) is 20. The van der Waals surface area contributed by atoms with E-state index in [0.29, 0.717) is 0 Å². The minimum absolute atomic E-state index is 0.0651. The van der Waals surface area contributed by atoms with Crippen LogP contribution in [0.4, 0.5) is 34.1 Å². The van der Waals surface area contributed by atoms with E-state index in [4.69, 9.17) is 58.8 Å². The topological polar surface area (TPSA) is 329 Å². The molecule has 0 radical (unpaired) electrons. The summed E-state index contributed by atoms with van der Waals surface area (Å²) in [5.74, 6) is -5.57. The van der Waals surface area contributed by atoms with Gasteiger partial charge >= 0.3 is 23.9 Å². The molecule has 24 heteroatoms. The van der Waals surface area contributed by atoms with Crippen LogP contribution in [0.1, 0.15) is 111 Å². The lowest BCUT2D eigenvalue weighted by Gasteiger charge is -2.18. The average molecular weight is 1190 g/mol. The molecule has 0 aromatic heterocycles. The summed E-state index contributed by atoms with van der Waals surface area (Å²) in [5, 5.41) is 10.7. The number of carbonyl (C=O) groups excluding carboxylic acids is 8. The van der Waals surface area contributed by atoms with Crippen molar-refractivity contribution in [3.63, 3.8) is 0 Å². The Bertz CT molecular complexity index is 2960. The maximum atomic E-state index is 13.5. The molecule has 0 aliphatic heterocycles. The largest absolute Gasteiger partial charge is 0.495 e. The second kappa shape index (κ2) is 32.8. The van der Waals surface area contributed by atoms with Gasteiger partial charge in [0.15, 0.2) is 0 Å². The van der Waals surface area contributed by atoms with Gasteiger partial charge in [0.1, 0.15) is 35.9 Å². The standard InChI is InChI=1S/2C31H35N3O9/c2*1-18(16-39-3)42-30(37)21-10-6-8-12-25(21)33-28(35)23-14-20(32)15-24(27(23)41-5)29(36)34-26-13-9-7-11-22(26)31(38)43-19(2)17-40-4/h2*6-15,18-19H,16-17,32H2,1-5H3,(H,33,35)(H,34,36)/t2*18-,19-/m11/s1. The fraction of sp³-hybridized carbons (Fsp3) is 0.290. The van der Waals surface area contributed by atoms with Crippen molar-refractivity contribution in [3.8, 4) is 11.5 Å². The van der Waals surface area contributed by atoms with Crippen LogP contribution in [0, 0.1) is 0 Å². The van der Waals surface area contributed by atoms with Crippen LogP contribution >= 0.6 is 0 Å². The fourth-order valence-corrected chi connectivity index (χ4v) is 8.32. The molecule has 0 heterocycles. The minimum Gasteiger partial charge on any atom is -0.495 e. The molecule has 0 saturated carbocycles. The van der Waals surface area contributed by atoms with Gasteiger partial charge in [-0.25, -0.2) is 19.2 Å². The fourth-order valence-electron chi connectivity index (χ4n) is 8.32. The SMILES string of the molecule is COC[C@@H](C)OC(=O)c1ccccc1NC(=O)c1cc(N)cc(C(=O)Nc2ccccc2C(=O)O[C@H](C)COC)c1OC.COC[C@@H](C)OC(=O)c1ccccc1NC(=O)c1cc(N)cc(C(=O)Nc2ccccc2C(=O)O[C@H](C)COC)c1OC. The maximum Gasteiger partial charge on any atom is 0.340 e. The molecule has 0 aliphatic rings. The number of esters is 4. The number of rotatable bonds is 26. The Morgan fingerprint density at radius 3 is 0.721 bits per heavy atom. The Hall–Kier alpha value is -9.88. The van der Waals surface area contributed by atoms with Crippen molar-refractivity contribution in [2.75, 3.05) is 102 Å². The monoisotopic (exact) mass is 1190 g/mol. The molecule has 0 saturated heterocycles. The predicted molar refractivity (Wildman–Crippen MR) is 319 cm³/mol. The molecular weight excluding hydrogens is 1120 g/mol. The highest BCUT2D eigenvalue weighted by Crippen LogP contribution is 2.33. The number of carbonyl (C=O) groups is 8. The second-order valence-electron chi connectivity index (χ2n) is 19.0. The van der Waals surface area contributed by atoms with Crippen LogP contribution in [0.15, 0.2) is 121 Å². The highest BCUT2D eigenvalue weighted by atomic mass is 16.6. The molecule has 6 aromatic carbocycles. The normalized spacial score (nSPS) is 12.0. The molecular formula is C62H70N6O18. The lowest BCUT2D eigenvalue weighted by atomic mass is 10.0. The van der Waals surface area contributed by atoms with Gasteiger partial charge in [-0.2, -0.15) is 0 Å². The number of hydrogen-bond donors (Lipinski definition) is 6. The van der Waals surface area contributed by atoms with Gasteiger partial charge in [0.05, 0.1) is 108 Å².